The highest BCUT2D eigenvalue weighted by Crippen LogP contribution is 2.28. The average molecular weight is 290 g/mol. The molecule has 0 saturated carbocycles. The molecule has 0 aromatic carbocycles. The van der Waals surface area contributed by atoms with Crippen LogP contribution < -0.4 is 11.1 Å². The van der Waals surface area contributed by atoms with E-state index in [4.69, 9.17) is 5.73 Å². The molecule has 1 aliphatic rings. The number of hydrogen-bond acceptors (Lipinski definition) is 4. The van der Waals surface area contributed by atoms with E-state index in [1.54, 1.807) is 31.3 Å². The second-order valence-electron chi connectivity index (χ2n) is 5.73. The number of pyridine rings is 1. The summed E-state index contributed by atoms with van der Waals surface area (Å²) in [7, 11) is 0. The maximum atomic E-state index is 12.7. The number of rotatable bonds is 5. The Labute approximate surface area is 124 Å². The fraction of sp³-hybridized carbons (Fsp3) is 0.533. The molecule has 0 aliphatic carbocycles. The minimum Gasteiger partial charge on any atom is -0.324 e. The maximum absolute atomic E-state index is 12.7. The largest absolute Gasteiger partial charge is 0.325 e. The maximum Gasteiger partial charge on any atom is 0.325 e. The van der Waals surface area contributed by atoms with Crippen molar-refractivity contribution in [3.05, 3.63) is 30.1 Å². The molecule has 114 valence electrons. The van der Waals surface area contributed by atoms with Gasteiger partial charge < -0.3 is 11.1 Å². The fourth-order valence-electron chi connectivity index (χ4n) is 2.46. The van der Waals surface area contributed by atoms with E-state index in [1.165, 1.54) is 4.90 Å². The van der Waals surface area contributed by atoms with E-state index in [0.717, 1.165) is 0 Å². The van der Waals surface area contributed by atoms with Crippen molar-refractivity contribution in [2.45, 2.75) is 44.7 Å². The third kappa shape index (κ3) is 2.63. The first-order chi connectivity index (χ1) is 9.86. The summed E-state index contributed by atoms with van der Waals surface area (Å²) in [6, 6.07) is 4.88. The number of urea groups is 1. The van der Waals surface area contributed by atoms with Crippen LogP contribution in [0, 0.1) is 0 Å². The Hall–Kier alpha value is -1.95. The summed E-state index contributed by atoms with van der Waals surface area (Å²) < 4.78 is 0. The van der Waals surface area contributed by atoms with Crippen molar-refractivity contribution in [2.75, 3.05) is 6.54 Å². The average Bonchev–Trinajstić information content (AvgIpc) is 2.72. The van der Waals surface area contributed by atoms with Gasteiger partial charge in [-0.1, -0.05) is 19.9 Å². The zero-order valence-electron chi connectivity index (χ0n) is 12.7. The smallest absolute Gasteiger partial charge is 0.324 e. The highest BCUT2D eigenvalue weighted by Gasteiger charge is 2.51. The van der Waals surface area contributed by atoms with Gasteiger partial charge in [-0.05, 0) is 31.9 Å². The van der Waals surface area contributed by atoms with Gasteiger partial charge in [-0.2, -0.15) is 0 Å². The summed E-state index contributed by atoms with van der Waals surface area (Å²) >= 11 is 0. The third-order valence-corrected chi connectivity index (χ3v) is 4.33. The van der Waals surface area contributed by atoms with Gasteiger partial charge in [0.2, 0.25) is 0 Å². The first-order valence-electron chi connectivity index (χ1n) is 7.21. The molecule has 1 aromatic heterocycles. The van der Waals surface area contributed by atoms with E-state index in [-0.39, 0.29) is 12.5 Å². The number of carbonyl (C=O) groups is 2. The van der Waals surface area contributed by atoms with Crippen LogP contribution in [0.15, 0.2) is 24.4 Å². The van der Waals surface area contributed by atoms with Gasteiger partial charge in [-0.15, -0.1) is 0 Å². The number of carbonyl (C=O) groups excluding carboxylic acids is 2. The molecule has 1 aromatic rings. The second-order valence-corrected chi connectivity index (χ2v) is 5.73. The summed E-state index contributed by atoms with van der Waals surface area (Å²) in [5.41, 5.74) is 5.09. The molecule has 1 unspecified atom stereocenters. The van der Waals surface area contributed by atoms with Gasteiger partial charge >= 0.3 is 6.03 Å². The lowest BCUT2D eigenvalue weighted by Gasteiger charge is -2.30. The number of nitrogens with two attached hydrogens (primary N) is 1. The molecule has 3 N–H and O–H groups in total. The van der Waals surface area contributed by atoms with Crippen LogP contribution in [0.1, 0.15) is 39.3 Å². The number of nitrogens with zero attached hydrogens (tertiary/aromatic N) is 2. The minimum atomic E-state index is -1.12. The molecular formula is C15H22N4O2. The number of nitrogens with one attached hydrogen (secondary N) is 1. The number of imide groups is 1. The Morgan fingerprint density at radius 1 is 1.33 bits per heavy atom. The first-order valence-corrected chi connectivity index (χ1v) is 7.21. The molecule has 1 fully saturated rings. The lowest BCUT2D eigenvalue weighted by molar-refractivity contribution is -0.131. The van der Waals surface area contributed by atoms with Gasteiger partial charge in [-0.25, -0.2) is 4.79 Å². The van der Waals surface area contributed by atoms with E-state index in [9.17, 15) is 9.59 Å². The molecule has 6 nitrogen and oxygen atoms in total. The lowest BCUT2D eigenvalue weighted by Crippen LogP contribution is -2.51. The fourth-order valence-corrected chi connectivity index (χ4v) is 2.46. The molecule has 1 saturated heterocycles. The highest BCUT2D eigenvalue weighted by atomic mass is 16.2. The van der Waals surface area contributed by atoms with Crippen molar-refractivity contribution in [3.8, 4) is 0 Å². The van der Waals surface area contributed by atoms with Crippen LogP contribution in [0.2, 0.25) is 0 Å². The summed E-state index contributed by atoms with van der Waals surface area (Å²) in [6.07, 6.45) is 3.00. The quantitative estimate of drug-likeness (QED) is 0.802. The topological polar surface area (TPSA) is 88.3 Å². The van der Waals surface area contributed by atoms with Crippen molar-refractivity contribution in [1.82, 2.24) is 15.2 Å². The summed E-state index contributed by atoms with van der Waals surface area (Å²) in [6.45, 7) is 5.80. The number of amides is 3. The monoisotopic (exact) mass is 290 g/mol. The van der Waals surface area contributed by atoms with E-state index in [2.05, 4.69) is 10.3 Å². The number of aromatic nitrogens is 1. The highest BCUT2D eigenvalue weighted by molar-refractivity contribution is 6.07. The van der Waals surface area contributed by atoms with Crippen molar-refractivity contribution in [3.63, 3.8) is 0 Å². The Morgan fingerprint density at radius 2 is 2.00 bits per heavy atom. The number of hydrogen-bond donors (Lipinski definition) is 2. The molecule has 3 amide bonds. The molecule has 0 bridgehead atoms. The zero-order chi connectivity index (χ0) is 15.7. The van der Waals surface area contributed by atoms with Crippen LogP contribution in [0.4, 0.5) is 4.79 Å². The first kappa shape index (κ1) is 15.4. The molecule has 2 rings (SSSR count). The van der Waals surface area contributed by atoms with Crippen LogP contribution >= 0.6 is 0 Å². The lowest BCUT2D eigenvalue weighted by atomic mass is 9.92. The minimum absolute atomic E-state index is 0.215. The van der Waals surface area contributed by atoms with Crippen LogP contribution in [0.3, 0.4) is 0 Å². The van der Waals surface area contributed by atoms with Crippen molar-refractivity contribution < 1.29 is 9.59 Å². The molecule has 2 heterocycles. The van der Waals surface area contributed by atoms with E-state index < -0.39 is 17.1 Å². The second kappa shape index (κ2) is 5.44. The molecule has 0 spiro atoms. The molecule has 1 aliphatic heterocycles. The van der Waals surface area contributed by atoms with Crippen molar-refractivity contribution in [2.24, 2.45) is 5.73 Å². The van der Waals surface area contributed by atoms with E-state index in [1.807, 2.05) is 13.8 Å². The van der Waals surface area contributed by atoms with Gasteiger partial charge in [0.15, 0.2) is 5.54 Å². The Bertz CT molecular complexity index is 542. The molecule has 21 heavy (non-hydrogen) atoms. The van der Waals surface area contributed by atoms with Gasteiger partial charge in [0.25, 0.3) is 5.91 Å². The van der Waals surface area contributed by atoms with Crippen LogP contribution in [0.25, 0.3) is 0 Å². The van der Waals surface area contributed by atoms with Gasteiger partial charge in [-0.3, -0.25) is 14.7 Å². The van der Waals surface area contributed by atoms with E-state index >= 15 is 0 Å². The van der Waals surface area contributed by atoms with E-state index in [0.29, 0.717) is 18.5 Å². The Balaban J connectivity index is 2.29. The SMILES string of the molecule is CCC(N)(CC)CN1C(=O)NC(C)(c2ccccn2)C1=O. The van der Waals surface area contributed by atoms with Gasteiger partial charge in [0.05, 0.1) is 5.69 Å². The van der Waals surface area contributed by atoms with Crippen molar-refractivity contribution >= 4 is 11.9 Å². The van der Waals surface area contributed by atoms with Crippen LogP contribution in [-0.2, 0) is 10.3 Å². The zero-order valence-corrected chi connectivity index (χ0v) is 12.7. The molecule has 1 atom stereocenters. The van der Waals surface area contributed by atoms with Crippen LogP contribution in [0.5, 0.6) is 0 Å². The predicted octanol–water partition coefficient (Wildman–Crippen LogP) is 1.37. The molecular weight excluding hydrogens is 268 g/mol. The summed E-state index contributed by atoms with van der Waals surface area (Å²) in [5.74, 6) is -0.303. The standard InChI is InChI=1S/C15H22N4O2/c1-4-15(16,5-2)10-19-12(20)14(3,18-13(19)21)11-8-6-7-9-17-11/h6-9H,4-5,10,16H2,1-3H3,(H,18,21). The third-order valence-electron chi connectivity index (χ3n) is 4.33. The molecule has 6 heteroatoms. The predicted molar refractivity (Wildman–Crippen MR) is 79.3 cm³/mol. The Kier molecular flexibility index (Phi) is 4.00. The van der Waals surface area contributed by atoms with Gasteiger partial charge in [0.1, 0.15) is 0 Å². The van der Waals surface area contributed by atoms with Crippen molar-refractivity contribution in [1.29, 1.82) is 0 Å². The summed E-state index contributed by atoms with van der Waals surface area (Å²) in [5, 5.41) is 2.74. The van der Waals surface area contributed by atoms with Gasteiger partial charge in [0, 0.05) is 18.3 Å². The molecule has 0 radical (unpaired) electrons. The Morgan fingerprint density at radius 3 is 2.52 bits per heavy atom. The normalized spacial score (nSPS) is 22.6. The summed E-state index contributed by atoms with van der Waals surface area (Å²) in [4.78, 5) is 30.3. The van der Waals surface area contributed by atoms with Crippen LogP contribution in [-0.4, -0.2) is 33.9 Å².